The van der Waals surface area contributed by atoms with Crippen LogP contribution in [0, 0.1) is 0 Å². The van der Waals surface area contributed by atoms with Crippen LogP contribution >= 0.6 is 0 Å². The van der Waals surface area contributed by atoms with E-state index in [1.165, 1.54) is 19.6 Å². The molecule has 0 spiro atoms. The number of carbonyl (C=O) groups excluding carboxylic acids is 1. The number of rotatable bonds is 2. The first-order valence-corrected chi connectivity index (χ1v) is 2.81. The van der Waals surface area contributed by atoms with E-state index in [1.807, 2.05) is 0 Å². The predicted octanol–water partition coefficient (Wildman–Crippen LogP) is -0.248. The molecule has 1 rings (SSSR count). The third kappa shape index (κ3) is 3.63. The third-order valence-electron chi connectivity index (χ3n) is 1.07. The SMILES string of the molecule is COC(=O)Cc1c[n-]cn1.[Y]. The molecule has 1 radical (unpaired) electrons. The molecule has 0 bridgehead atoms. The van der Waals surface area contributed by atoms with Crippen LogP contribution in [0.15, 0.2) is 12.5 Å². The molecule has 0 unspecified atom stereocenters. The zero-order valence-corrected chi connectivity index (χ0v) is 8.99. The second-order valence-electron chi connectivity index (χ2n) is 1.77. The van der Waals surface area contributed by atoms with Crippen molar-refractivity contribution in [2.45, 2.75) is 6.42 Å². The van der Waals surface area contributed by atoms with E-state index in [2.05, 4.69) is 14.7 Å². The Bertz CT molecular complexity index is 210. The molecule has 0 atom stereocenters. The second kappa shape index (κ2) is 5.44. The van der Waals surface area contributed by atoms with E-state index < -0.39 is 0 Å². The van der Waals surface area contributed by atoms with Crippen LogP contribution in [0.1, 0.15) is 5.69 Å². The van der Waals surface area contributed by atoms with Gasteiger partial charge >= 0.3 is 5.97 Å². The minimum atomic E-state index is -0.291. The fourth-order valence-electron chi connectivity index (χ4n) is 0.572. The fraction of sp³-hybridized carbons (Fsp3) is 0.333. The van der Waals surface area contributed by atoms with Crippen molar-refractivity contribution in [3.05, 3.63) is 18.2 Å². The van der Waals surface area contributed by atoms with Crippen molar-refractivity contribution in [1.29, 1.82) is 0 Å². The van der Waals surface area contributed by atoms with Crippen molar-refractivity contribution in [3.8, 4) is 0 Å². The molecule has 5 heteroatoms. The largest absolute Gasteiger partial charge is 0.469 e. The molecular formula is C6H7N2O2Y-. The van der Waals surface area contributed by atoms with E-state index in [-0.39, 0.29) is 45.1 Å². The number of hydrogen-bond acceptors (Lipinski definition) is 3. The molecule has 0 aromatic carbocycles. The number of ether oxygens (including phenoxy) is 1. The molecule has 0 saturated heterocycles. The zero-order valence-electron chi connectivity index (χ0n) is 6.15. The van der Waals surface area contributed by atoms with Crippen LogP contribution in [0.2, 0.25) is 0 Å². The van der Waals surface area contributed by atoms with Gasteiger partial charge in [0.2, 0.25) is 0 Å². The van der Waals surface area contributed by atoms with Gasteiger partial charge in [0.1, 0.15) is 0 Å². The maximum absolute atomic E-state index is 10.6. The number of nitrogens with zero attached hydrogens (tertiary/aromatic N) is 2. The first-order valence-electron chi connectivity index (χ1n) is 2.81. The molecule has 0 N–H and O–H groups in total. The van der Waals surface area contributed by atoms with Gasteiger partial charge in [-0.05, 0) is 0 Å². The average Bonchev–Trinajstić information content (AvgIpc) is 2.40. The Hall–Kier alpha value is -0.216. The van der Waals surface area contributed by atoms with Gasteiger partial charge in [-0.1, -0.05) is 18.2 Å². The van der Waals surface area contributed by atoms with Gasteiger partial charge in [-0.15, -0.1) is 0 Å². The van der Waals surface area contributed by atoms with Crippen LogP contribution in [-0.2, 0) is 48.7 Å². The van der Waals surface area contributed by atoms with Crippen LogP contribution in [0.5, 0.6) is 0 Å². The van der Waals surface area contributed by atoms with Crippen molar-refractivity contribution in [2.24, 2.45) is 0 Å². The molecule has 0 aliphatic carbocycles. The maximum Gasteiger partial charge on any atom is 0.309 e. The number of hydrogen-bond donors (Lipinski definition) is 0. The van der Waals surface area contributed by atoms with Crippen LogP contribution < -0.4 is 4.98 Å². The van der Waals surface area contributed by atoms with E-state index >= 15 is 0 Å². The topological polar surface area (TPSA) is 53.3 Å². The van der Waals surface area contributed by atoms with Gasteiger partial charge in [-0.3, -0.25) is 4.79 Å². The van der Waals surface area contributed by atoms with Gasteiger partial charge in [0.15, 0.2) is 0 Å². The summed E-state index contributed by atoms with van der Waals surface area (Å²) in [6.45, 7) is 0. The predicted molar refractivity (Wildman–Crippen MR) is 33.3 cm³/mol. The van der Waals surface area contributed by atoms with Gasteiger partial charge in [-0.2, -0.15) is 0 Å². The number of methoxy groups -OCH3 is 1. The third-order valence-corrected chi connectivity index (χ3v) is 1.07. The van der Waals surface area contributed by atoms with Crippen molar-refractivity contribution < 1.29 is 42.2 Å². The Balaban J connectivity index is 0.000001000. The summed E-state index contributed by atoms with van der Waals surface area (Å²) in [5.74, 6) is -0.291. The number of aromatic nitrogens is 2. The summed E-state index contributed by atoms with van der Waals surface area (Å²) in [6, 6.07) is 0. The number of imidazole rings is 1. The molecular weight excluding hydrogens is 221 g/mol. The summed E-state index contributed by atoms with van der Waals surface area (Å²) in [4.78, 5) is 18.1. The Morgan fingerprint density at radius 1 is 1.82 bits per heavy atom. The Morgan fingerprint density at radius 2 is 2.55 bits per heavy atom. The molecule has 1 heterocycles. The van der Waals surface area contributed by atoms with Crippen LogP contribution in [0.25, 0.3) is 0 Å². The molecule has 1 aromatic heterocycles. The minimum Gasteiger partial charge on any atom is -0.469 e. The molecule has 57 valence electrons. The fourth-order valence-corrected chi connectivity index (χ4v) is 0.572. The van der Waals surface area contributed by atoms with Gasteiger partial charge in [-0.25, -0.2) is 0 Å². The van der Waals surface area contributed by atoms with Gasteiger partial charge in [0.25, 0.3) is 0 Å². The van der Waals surface area contributed by atoms with E-state index in [0.717, 1.165) is 0 Å². The standard InChI is InChI=1S/C6H7N2O2.Y/c1-10-6(9)2-5-3-7-4-8-5;/h3-4H,2H2,1H3;/q-1;. The second-order valence-corrected chi connectivity index (χ2v) is 1.77. The molecule has 0 fully saturated rings. The number of esters is 1. The summed E-state index contributed by atoms with van der Waals surface area (Å²) < 4.78 is 4.42. The summed E-state index contributed by atoms with van der Waals surface area (Å²) in [7, 11) is 1.35. The van der Waals surface area contributed by atoms with Crippen molar-refractivity contribution >= 4 is 5.97 Å². The molecule has 0 aliphatic rings. The maximum atomic E-state index is 10.6. The molecule has 0 amide bonds. The van der Waals surface area contributed by atoms with Gasteiger partial charge < -0.3 is 14.7 Å². The van der Waals surface area contributed by atoms with E-state index in [1.54, 1.807) is 0 Å². The first-order chi connectivity index (χ1) is 4.83. The molecule has 0 saturated carbocycles. The smallest absolute Gasteiger partial charge is 0.309 e. The molecule has 1 aromatic rings. The zero-order chi connectivity index (χ0) is 7.40. The Labute approximate surface area is 89.6 Å². The molecule has 11 heavy (non-hydrogen) atoms. The summed E-state index contributed by atoms with van der Waals surface area (Å²) in [5.41, 5.74) is 0.645. The van der Waals surface area contributed by atoms with Gasteiger partial charge in [0, 0.05) is 32.7 Å². The Kier molecular flexibility index (Phi) is 5.33. The summed E-state index contributed by atoms with van der Waals surface area (Å²) in [5, 5.41) is 0. The van der Waals surface area contributed by atoms with Gasteiger partial charge in [0.05, 0.1) is 13.5 Å². The monoisotopic (exact) mass is 228 g/mol. The minimum absolute atomic E-state index is 0. The van der Waals surface area contributed by atoms with Crippen LogP contribution in [-0.4, -0.2) is 18.1 Å². The normalized spacial score (nSPS) is 8.45. The van der Waals surface area contributed by atoms with E-state index in [9.17, 15) is 4.79 Å². The van der Waals surface area contributed by atoms with Crippen LogP contribution in [0.3, 0.4) is 0 Å². The van der Waals surface area contributed by atoms with Crippen molar-refractivity contribution in [2.75, 3.05) is 7.11 Å². The van der Waals surface area contributed by atoms with Crippen molar-refractivity contribution in [3.63, 3.8) is 0 Å². The first kappa shape index (κ1) is 10.8. The quantitative estimate of drug-likeness (QED) is 0.655. The van der Waals surface area contributed by atoms with Crippen LogP contribution in [0.4, 0.5) is 0 Å². The molecule has 0 aliphatic heterocycles. The summed E-state index contributed by atoms with van der Waals surface area (Å²) in [6.07, 6.45) is 3.14. The molecule has 4 nitrogen and oxygen atoms in total. The average molecular weight is 228 g/mol. The van der Waals surface area contributed by atoms with E-state index in [0.29, 0.717) is 5.69 Å². The Morgan fingerprint density at radius 3 is 3.00 bits per heavy atom. The summed E-state index contributed by atoms with van der Waals surface area (Å²) >= 11 is 0. The number of carbonyl (C=O) groups is 1. The van der Waals surface area contributed by atoms with Crippen molar-refractivity contribution in [1.82, 2.24) is 9.97 Å². The van der Waals surface area contributed by atoms with E-state index in [4.69, 9.17) is 0 Å².